The molecule has 1 N–H and O–H groups in total. The zero-order valence-corrected chi connectivity index (χ0v) is 17.2. The van der Waals surface area contributed by atoms with Crippen LogP contribution >= 0.6 is 0 Å². The molecule has 31 heavy (non-hydrogen) atoms. The molecule has 0 saturated heterocycles. The van der Waals surface area contributed by atoms with E-state index in [0.29, 0.717) is 12.0 Å². The third-order valence-electron chi connectivity index (χ3n) is 5.07. The Kier molecular flexibility index (Phi) is 5.67. The summed E-state index contributed by atoms with van der Waals surface area (Å²) in [6.07, 6.45) is 5.88. The van der Waals surface area contributed by atoms with E-state index in [-0.39, 0.29) is 27.6 Å². The number of hydrogen-bond acceptors (Lipinski definition) is 5. The first-order valence-electron chi connectivity index (χ1n) is 9.58. The van der Waals surface area contributed by atoms with Crippen molar-refractivity contribution in [2.24, 2.45) is 0 Å². The molecule has 0 radical (unpaired) electrons. The van der Waals surface area contributed by atoms with Crippen molar-refractivity contribution in [3.05, 3.63) is 95.7 Å². The Labute approximate surface area is 178 Å². The number of hydrogen-bond donors (Lipinski definition) is 1. The molecule has 4 rings (SSSR count). The monoisotopic (exact) mass is 438 g/mol. The van der Waals surface area contributed by atoms with Gasteiger partial charge in [-0.15, -0.1) is 0 Å². The molecule has 0 fully saturated rings. The number of aliphatic hydroxyl groups excluding tert-OH is 1. The molecule has 0 spiro atoms. The first-order valence-corrected chi connectivity index (χ1v) is 11.1. The Balaban J connectivity index is 1.49. The second-order valence-electron chi connectivity index (χ2n) is 7.09. The van der Waals surface area contributed by atoms with E-state index in [9.17, 15) is 22.7 Å². The zero-order chi connectivity index (χ0) is 22.0. The van der Waals surface area contributed by atoms with E-state index in [2.05, 4.69) is 4.98 Å². The second-order valence-corrected chi connectivity index (χ2v) is 9.01. The predicted molar refractivity (Wildman–Crippen MR) is 112 cm³/mol. The lowest BCUT2D eigenvalue weighted by Crippen LogP contribution is -2.07. The maximum atomic E-state index is 13.6. The van der Waals surface area contributed by atoms with Gasteiger partial charge in [0.25, 0.3) is 0 Å². The molecular weight excluding hydrogens is 419 g/mol. The number of imidazole rings is 1. The van der Waals surface area contributed by atoms with Crippen molar-refractivity contribution in [2.45, 2.75) is 29.2 Å². The van der Waals surface area contributed by atoms with E-state index in [1.807, 2.05) is 0 Å². The highest BCUT2D eigenvalue weighted by atomic mass is 32.2. The van der Waals surface area contributed by atoms with Gasteiger partial charge in [0.05, 0.1) is 16.4 Å². The van der Waals surface area contributed by atoms with Gasteiger partial charge < -0.3 is 9.51 Å². The van der Waals surface area contributed by atoms with E-state index in [0.717, 1.165) is 23.3 Å². The number of Topliss-reactive ketones (excluding diaryl/α,β-unsaturated/α-hetero) is 1. The average Bonchev–Trinajstić information content (AvgIpc) is 3.25. The summed E-state index contributed by atoms with van der Waals surface area (Å²) in [6.45, 7) is -0.514. The number of sulfone groups is 1. The van der Waals surface area contributed by atoms with Crippen molar-refractivity contribution in [1.29, 1.82) is 0 Å². The van der Waals surface area contributed by atoms with Gasteiger partial charge in [-0.3, -0.25) is 4.79 Å². The van der Waals surface area contributed by atoms with Crippen molar-refractivity contribution >= 4 is 21.3 Å². The fraction of sp³-hybridized carbons (Fsp3) is 0.130. The van der Waals surface area contributed by atoms with Gasteiger partial charge in [0, 0.05) is 30.6 Å². The van der Waals surface area contributed by atoms with Gasteiger partial charge in [-0.25, -0.2) is 17.8 Å². The molecule has 0 aliphatic rings. The second kappa shape index (κ2) is 8.41. The van der Waals surface area contributed by atoms with Crippen LogP contribution < -0.4 is 0 Å². The minimum Gasteiger partial charge on any atom is -0.392 e. The number of fused-ring (bicyclic) bond motifs is 1. The first-order chi connectivity index (χ1) is 14.9. The minimum atomic E-state index is -3.99. The highest BCUT2D eigenvalue weighted by Crippen LogP contribution is 2.26. The molecule has 8 heteroatoms. The maximum absolute atomic E-state index is 13.6. The number of carbonyl (C=O) groups excluding carboxylic acids is 1. The Bertz CT molecular complexity index is 1360. The summed E-state index contributed by atoms with van der Waals surface area (Å²) in [7, 11) is -3.99. The quantitative estimate of drug-likeness (QED) is 0.445. The number of halogens is 1. The standard InChI is InChI=1S/C23H19FN2O4S/c24-19-6-4-18(15-27)22(13-19)31(29,30)20-7-1-16(2-8-20)3-9-21(28)17-5-10-23-25-11-12-26(23)14-17/h1-2,4-8,10-14,27H,3,9,15H2. The van der Waals surface area contributed by atoms with Crippen LogP contribution in [-0.4, -0.2) is 28.7 Å². The summed E-state index contributed by atoms with van der Waals surface area (Å²) in [5.74, 6) is -0.723. The van der Waals surface area contributed by atoms with Gasteiger partial charge in [-0.1, -0.05) is 18.2 Å². The van der Waals surface area contributed by atoms with Crippen LogP contribution in [0.2, 0.25) is 0 Å². The van der Waals surface area contributed by atoms with E-state index in [1.54, 1.807) is 47.3 Å². The van der Waals surface area contributed by atoms with Crippen LogP contribution in [-0.2, 0) is 22.9 Å². The van der Waals surface area contributed by atoms with Crippen molar-refractivity contribution in [3.8, 4) is 0 Å². The Morgan fingerprint density at radius 3 is 2.58 bits per heavy atom. The average molecular weight is 438 g/mol. The number of aryl methyl sites for hydroxylation is 1. The van der Waals surface area contributed by atoms with Crippen molar-refractivity contribution < 1.29 is 22.7 Å². The SMILES string of the molecule is O=C(CCc1ccc(S(=O)(=O)c2cc(F)ccc2CO)cc1)c1ccc2nccn2c1. The summed E-state index contributed by atoms with van der Waals surface area (Å²) < 4.78 is 41.1. The number of aliphatic hydroxyl groups is 1. The summed E-state index contributed by atoms with van der Waals surface area (Å²) >= 11 is 0. The minimum absolute atomic E-state index is 0.00608. The Morgan fingerprint density at radius 1 is 1.06 bits per heavy atom. The zero-order valence-electron chi connectivity index (χ0n) is 16.4. The lowest BCUT2D eigenvalue weighted by molar-refractivity contribution is 0.0982. The largest absolute Gasteiger partial charge is 0.392 e. The van der Waals surface area contributed by atoms with Crippen LogP contribution in [0.15, 0.2) is 83.0 Å². The van der Waals surface area contributed by atoms with Crippen LogP contribution in [0.4, 0.5) is 4.39 Å². The highest BCUT2D eigenvalue weighted by Gasteiger charge is 2.22. The summed E-state index contributed by atoms with van der Waals surface area (Å²) in [5, 5.41) is 9.40. The fourth-order valence-electron chi connectivity index (χ4n) is 3.36. The van der Waals surface area contributed by atoms with Gasteiger partial charge in [-0.05, 0) is 53.9 Å². The van der Waals surface area contributed by atoms with E-state index in [4.69, 9.17) is 0 Å². The number of aromatic nitrogens is 2. The van der Waals surface area contributed by atoms with Crippen molar-refractivity contribution in [3.63, 3.8) is 0 Å². The van der Waals surface area contributed by atoms with Crippen LogP contribution in [0.25, 0.3) is 5.65 Å². The molecular formula is C23H19FN2O4S. The number of benzene rings is 2. The predicted octanol–water partition coefficient (Wildman–Crippen LogP) is 3.61. The van der Waals surface area contributed by atoms with Crippen LogP contribution in [0.3, 0.4) is 0 Å². The Hall–Kier alpha value is -3.36. The molecule has 0 aliphatic carbocycles. The van der Waals surface area contributed by atoms with Gasteiger partial charge in [0.1, 0.15) is 11.5 Å². The van der Waals surface area contributed by atoms with Gasteiger partial charge in [0.2, 0.25) is 9.84 Å². The molecule has 0 aliphatic heterocycles. The topological polar surface area (TPSA) is 88.7 Å². The van der Waals surface area contributed by atoms with Crippen molar-refractivity contribution in [1.82, 2.24) is 9.38 Å². The maximum Gasteiger partial charge on any atom is 0.207 e. The molecule has 2 aromatic heterocycles. The number of nitrogens with zero attached hydrogens (tertiary/aromatic N) is 2. The molecule has 0 atom stereocenters. The molecule has 2 heterocycles. The molecule has 0 bridgehead atoms. The Morgan fingerprint density at radius 2 is 1.84 bits per heavy atom. The molecule has 0 amide bonds. The van der Waals surface area contributed by atoms with Crippen LogP contribution in [0.1, 0.15) is 27.9 Å². The summed E-state index contributed by atoms with van der Waals surface area (Å²) in [6, 6.07) is 12.9. The smallest absolute Gasteiger partial charge is 0.207 e. The van der Waals surface area contributed by atoms with Gasteiger partial charge >= 0.3 is 0 Å². The van der Waals surface area contributed by atoms with Crippen LogP contribution in [0, 0.1) is 5.82 Å². The number of pyridine rings is 1. The first kappa shape index (κ1) is 20.9. The van der Waals surface area contributed by atoms with Gasteiger partial charge in [0.15, 0.2) is 5.78 Å². The number of rotatable bonds is 7. The van der Waals surface area contributed by atoms with Gasteiger partial charge in [-0.2, -0.15) is 0 Å². The summed E-state index contributed by atoms with van der Waals surface area (Å²) in [5.41, 5.74) is 2.27. The van der Waals surface area contributed by atoms with E-state index in [1.165, 1.54) is 18.2 Å². The lowest BCUT2D eigenvalue weighted by Gasteiger charge is -2.10. The molecule has 4 aromatic rings. The highest BCUT2D eigenvalue weighted by molar-refractivity contribution is 7.91. The third kappa shape index (κ3) is 4.26. The fourth-order valence-corrected chi connectivity index (χ4v) is 4.85. The molecule has 0 saturated carbocycles. The molecule has 2 aromatic carbocycles. The van der Waals surface area contributed by atoms with Crippen LogP contribution in [0.5, 0.6) is 0 Å². The summed E-state index contributed by atoms with van der Waals surface area (Å²) in [4.78, 5) is 16.4. The van der Waals surface area contributed by atoms with E-state index >= 15 is 0 Å². The number of ketones is 1. The molecule has 0 unspecified atom stereocenters. The normalized spacial score (nSPS) is 11.7. The van der Waals surface area contributed by atoms with Crippen molar-refractivity contribution in [2.75, 3.05) is 0 Å². The molecule has 6 nitrogen and oxygen atoms in total. The number of carbonyl (C=O) groups is 1. The third-order valence-corrected chi connectivity index (χ3v) is 6.93. The lowest BCUT2D eigenvalue weighted by atomic mass is 10.0. The molecule has 158 valence electrons. The van der Waals surface area contributed by atoms with E-state index < -0.39 is 22.3 Å².